The van der Waals surface area contributed by atoms with Crippen molar-refractivity contribution in [2.24, 2.45) is 0 Å². The van der Waals surface area contributed by atoms with E-state index in [0.29, 0.717) is 13.1 Å². The van der Waals surface area contributed by atoms with Crippen molar-refractivity contribution in [1.29, 1.82) is 0 Å². The number of hydrogen-bond acceptors (Lipinski definition) is 4. The highest BCUT2D eigenvalue weighted by molar-refractivity contribution is 5.73. The minimum Gasteiger partial charge on any atom is -0.376 e. The molecule has 2 aliphatic rings. The Morgan fingerprint density at radius 3 is 3.16 bits per heavy atom. The lowest BCUT2D eigenvalue weighted by Crippen LogP contribution is -2.39. The summed E-state index contributed by atoms with van der Waals surface area (Å²) in [6, 6.07) is -0.175. The average molecular weight is 265 g/mol. The Kier molecular flexibility index (Phi) is 3.63. The monoisotopic (exact) mass is 265 g/mol. The van der Waals surface area contributed by atoms with Crippen LogP contribution in [-0.4, -0.2) is 40.1 Å². The SMILES string of the molecule is O=C(NCc1nnc2n1CCC2)NC[C@H]1CCCO1. The molecule has 7 heteroatoms. The number of nitrogens with one attached hydrogen (secondary N) is 2. The first kappa shape index (κ1) is 12.4. The molecule has 0 saturated carbocycles. The molecule has 104 valence electrons. The van der Waals surface area contributed by atoms with Crippen molar-refractivity contribution in [3.63, 3.8) is 0 Å². The highest BCUT2D eigenvalue weighted by atomic mass is 16.5. The van der Waals surface area contributed by atoms with E-state index in [1.54, 1.807) is 0 Å². The number of amides is 2. The number of nitrogens with zero attached hydrogens (tertiary/aromatic N) is 3. The Labute approximate surface area is 111 Å². The van der Waals surface area contributed by atoms with Gasteiger partial charge in [-0.05, 0) is 19.3 Å². The van der Waals surface area contributed by atoms with Gasteiger partial charge in [-0.15, -0.1) is 10.2 Å². The van der Waals surface area contributed by atoms with Crippen molar-refractivity contribution in [2.45, 2.75) is 44.9 Å². The third kappa shape index (κ3) is 2.86. The van der Waals surface area contributed by atoms with Crippen LogP contribution in [0.2, 0.25) is 0 Å². The zero-order valence-corrected chi connectivity index (χ0v) is 10.9. The summed E-state index contributed by atoms with van der Waals surface area (Å²) in [7, 11) is 0. The van der Waals surface area contributed by atoms with E-state index in [9.17, 15) is 4.79 Å². The molecule has 2 amide bonds. The predicted molar refractivity (Wildman–Crippen MR) is 67.6 cm³/mol. The molecule has 2 N–H and O–H groups in total. The molecule has 1 aromatic heterocycles. The fourth-order valence-electron chi connectivity index (χ4n) is 2.58. The van der Waals surface area contributed by atoms with Gasteiger partial charge in [0.25, 0.3) is 0 Å². The molecule has 2 aliphatic heterocycles. The summed E-state index contributed by atoms with van der Waals surface area (Å²) in [6.45, 7) is 2.75. The van der Waals surface area contributed by atoms with Crippen LogP contribution in [0.3, 0.4) is 0 Å². The number of ether oxygens (including phenoxy) is 1. The van der Waals surface area contributed by atoms with Gasteiger partial charge in [0.2, 0.25) is 0 Å². The van der Waals surface area contributed by atoms with E-state index < -0.39 is 0 Å². The number of aryl methyl sites for hydroxylation is 1. The second kappa shape index (κ2) is 5.56. The smallest absolute Gasteiger partial charge is 0.315 e. The van der Waals surface area contributed by atoms with E-state index in [4.69, 9.17) is 4.74 Å². The Morgan fingerprint density at radius 2 is 2.32 bits per heavy atom. The second-order valence-corrected chi connectivity index (χ2v) is 4.99. The molecule has 0 aromatic carbocycles. The van der Waals surface area contributed by atoms with Gasteiger partial charge in [0, 0.05) is 26.1 Å². The van der Waals surface area contributed by atoms with E-state index in [-0.39, 0.29) is 12.1 Å². The van der Waals surface area contributed by atoms with Gasteiger partial charge in [-0.1, -0.05) is 0 Å². The minimum absolute atomic E-state index is 0.170. The maximum atomic E-state index is 11.7. The van der Waals surface area contributed by atoms with Crippen LogP contribution in [0.5, 0.6) is 0 Å². The van der Waals surface area contributed by atoms with Gasteiger partial charge in [-0.2, -0.15) is 0 Å². The van der Waals surface area contributed by atoms with Gasteiger partial charge in [0.1, 0.15) is 5.82 Å². The molecule has 3 heterocycles. The average Bonchev–Trinajstić information content (AvgIpc) is 3.11. The Morgan fingerprint density at radius 1 is 1.37 bits per heavy atom. The zero-order chi connectivity index (χ0) is 13.1. The van der Waals surface area contributed by atoms with Crippen molar-refractivity contribution in [3.05, 3.63) is 11.6 Å². The van der Waals surface area contributed by atoms with Gasteiger partial charge in [-0.3, -0.25) is 0 Å². The molecule has 0 radical (unpaired) electrons. The van der Waals surface area contributed by atoms with E-state index in [0.717, 1.165) is 50.5 Å². The third-order valence-electron chi connectivity index (χ3n) is 3.61. The zero-order valence-electron chi connectivity index (χ0n) is 10.9. The summed E-state index contributed by atoms with van der Waals surface area (Å²) in [5.74, 6) is 1.86. The van der Waals surface area contributed by atoms with E-state index in [1.165, 1.54) is 0 Å². The number of carbonyl (C=O) groups excluding carboxylic acids is 1. The molecule has 0 unspecified atom stereocenters. The van der Waals surface area contributed by atoms with Crippen LogP contribution in [0.15, 0.2) is 0 Å². The standard InChI is InChI=1S/C12H19N5O2/c18-12(13-7-9-3-2-6-19-9)14-8-11-16-15-10-4-1-5-17(10)11/h9H,1-8H2,(H2,13,14,18)/t9-/m1/s1. The van der Waals surface area contributed by atoms with Crippen LogP contribution in [0.1, 0.15) is 30.9 Å². The highest BCUT2D eigenvalue weighted by Gasteiger charge is 2.18. The number of aromatic nitrogens is 3. The van der Waals surface area contributed by atoms with Gasteiger partial charge < -0.3 is 19.9 Å². The molecule has 0 bridgehead atoms. The quantitative estimate of drug-likeness (QED) is 0.815. The largest absolute Gasteiger partial charge is 0.376 e. The van der Waals surface area contributed by atoms with Gasteiger partial charge in [0.15, 0.2) is 5.82 Å². The first-order valence-corrected chi connectivity index (χ1v) is 6.87. The number of rotatable bonds is 4. The lowest BCUT2D eigenvalue weighted by Gasteiger charge is -2.11. The number of fused-ring (bicyclic) bond motifs is 1. The van der Waals surface area contributed by atoms with Crippen LogP contribution in [0, 0.1) is 0 Å². The molecule has 7 nitrogen and oxygen atoms in total. The molecule has 1 saturated heterocycles. The molecule has 1 fully saturated rings. The normalized spacial score (nSPS) is 21.4. The van der Waals surface area contributed by atoms with Gasteiger partial charge in [0.05, 0.1) is 12.6 Å². The summed E-state index contributed by atoms with van der Waals surface area (Å²) in [4.78, 5) is 11.7. The molecule has 0 aliphatic carbocycles. The van der Waals surface area contributed by atoms with Crippen molar-refractivity contribution >= 4 is 6.03 Å². The number of hydrogen-bond donors (Lipinski definition) is 2. The van der Waals surface area contributed by atoms with Crippen molar-refractivity contribution in [1.82, 2.24) is 25.4 Å². The van der Waals surface area contributed by atoms with E-state index in [2.05, 4.69) is 25.4 Å². The highest BCUT2D eigenvalue weighted by Crippen LogP contribution is 2.13. The molecular formula is C12H19N5O2. The van der Waals surface area contributed by atoms with Gasteiger partial charge in [-0.25, -0.2) is 4.79 Å². The van der Waals surface area contributed by atoms with Crippen LogP contribution in [0.4, 0.5) is 4.79 Å². The van der Waals surface area contributed by atoms with Crippen LogP contribution in [0.25, 0.3) is 0 Å². The lowest BCUT2D eigenvalue weighted by atomic mass is 10.2. The summed E-state index contributed by atoms with van der Waals surface area (Å²) in [5, 5.41) is 13.8. The van der Waals surface area contributed by atoms with Crippen molar-refractivity contribution < 1.29 is 9.53 Å². The van der Waals surface area contributed by atoms with Gasteiger partial charge >= 0.3 is 6.03 Å². The minimum atomic E-state index is -0.175. The summed E-state index contributed by atoms with van der Waals surface area (Å²) < 4.78 is 7.53. The number of urea groups is 1. The maximum Gasteiger partial charge on any atom is 0.315 e. The molecule has 19 heavy (non-hydrogen) atoms. The molecule has 1 atom stereocenters. The Hall–Kier alpha value is -1.63. The molecule has 3 rings (SSSR count). The summed E-state index contributed by atoms with van der Waals surface area (Å²) >= 11 is 0. The first-order valence-electron chi connectivity index (χ1n) is 6.87. The van der Waals surface area contributed by atoms with Crippen LogP contribution < -0.4 is 10.6 Å². The molecule has 1 aromatic rings. The number of carbonyl (C=O) groups is 1. The van der Waals surface area contributed by atoms with Crippen LogP contribution >= 0.6 is 0 Å². The third-order valence-corrected chi connectivity index (χ3v) is 3.61. The first-order chi connectivity index (χ1) is 9.33. The Bertz CT molecular complexity index is 453. The van der Waals surface area contributed by atoms with Crippen molar-refractivity contribution in [2.75, 3.05) is 13.2 Å². The van der Waals surface area contributed by atoms with E-state index >= 15 is 0 Å². The molecule has 0 spiro atoms. The molecular weight excluding hydrogens is 246 g/mol. The topological polar surface area (TPSA) is 81.1 Å². The predicted octanol–water partition coefficient (Wildman–Crippen LogP) is 0.202. The summed E-state index contributed by atoms with van der Waals surface area (Å²) in [6.07, 6.45) is 4.38. The Balaban J connectivity index is 1.42. The van der Waals surface area contributed by atoms with E-state index in [1.807, 2.05) is 0 Å². The lowest BCUT2D eigenvalue weighted by molar-refractivity contribution is 0.111. The maximum absolute atomic E-state index is 11.7. The van der Waals surface area contributed by atoms with Crippen LogP contribution in [-0.2, 0) is 24.2 Å². The fourth-order valence-corrected chi connectivity index (χ4v) is 2.58. The second-order valence-electron chi connectivity index (χ2n) is 4.99. The van der Waals surface area contributed by atoms with Crippen molar-refractivity contribution in [3.8, 4) is 0 Å². The fraction of sp³-hybridized carbons (Fsp3) is 0.750. The summed E-state index contributed by atoms with van der Waals surface area (Å²) in [5.41, 5.74) is 0.